The lowest BCUT2D eigenvalue weighted by Crippen LogP contribution is -2.09. The molecule has 1 aliphatic rings. The highest BCUT2D eigenvalue weighted by molar-refractivity contribution is 5.33. The van der Waals surface area contributed by atoms with Crippen molar-refractivity contribution >= 4 is 0 Å². The van der Waals surface area contributed by atoms with Crippen LogP contribution in [-0.4, -0.2) is 21.5 Å². The van der Waals surface area contributed by atoms with Crippen LogP contribution in [-0.2, 0) is 19.4 Å². The van der Waals surface area contributed by atoms with Gasteiger partial charge in [-0.15, -0.1) is 0 Å². The Morgan fingerprint density at radius 1 is 1.60 bits per heavy atom. The maximum absolute atomic E-state index is 8.90. The Balaban J connectivity index is 2.24. The van der Waals surface area contributed by atoms with Gasteiger partial charge < -0.3 is 5.11 Å². The fraction of sp³-hybridized carbons (Fsp3) is 0.583. The maximum Gasteiger partial charge on any atom is 0.0665 e. The molecule has 1 heterocycles. The second kappa shape index (κ2) is 3.81. The predicted molar refractivity (Wildman–Crippen MR) is 59.8 cm³/mol. The summed E-state index contributed by atoms with van der Waals surface area (Å²) < 4.78 is 1.92. The summed E-state index contributed by atoms with van der Waals surface area (Å²) in [6.45, 7) is 8.96. The molecule has 0 bridgehead atoms. The van der Waals surface area contributed by atoms with Gasteiger partial charge in [-0.25, -0.2) is 0 Å². The van der Waals surface area contributed by atoms with E-state index in [2.05, 4.69) is 25.5 Å². The number of rotatable bonds is 3. The molecule has 0 saturated heterocycles. The molecule has 0 amide bonds. The van der Waals surface area contributed by atoms with Crippen LogP contribution in [0.3, 0.4) is 0 Å². The average molecular weight is 206 g/mol. The molecule has 1 aromatic rings. The quantitative estimate of drug-likeness (QED) is 0.761. The van der Waals surface area contributed by atoms with Crippen molar-refractivity contribution in [3.8, 4) is 0 Å². The number of hydrogen-bond donors (Lipinski definition) is 1. The molecule has 1 aliphatic carbocycles. The molecule has 0 saturated carbocycles. The minimum Gasteiger partial charge on any atom is -0.394 e. The molecule has 0 radical (unpaired) electrons. The van der Waals surface area contributed by atoms with E-state index in [1.54, 1.807) is 0 Å². The molecule has 15 heavy (non-hydrogen) atoms. The second-order valence-electron chi connectivity index (χ2n) is 4.41. The third kappa shape index (κ3) is 1.72. The van der Waals surface area contributed by atoms with Crippen LogP contribution in [0.15, 0.2) is 12.2 Å². The van der Waals surface area contributed by atoms with Gasteiger partial charge in [0.2, 0.25) is 0 Å². The first-order valence-electron chi connectivity index (χ1n) is 5.45. The maximum atomic E-state index is 8.90. The SMILES string of the molecule is C=C(C)[C@H]1Cc2nn(CCO)c(C)c2C1. The smallest absolute Gasteiger partial charge is 0.0665 e. The Morgan fingerprint density at radius 3 is 2.87 bits per heavy atom. The van der Waals surface area contributed by atoms with E-state index >= 15 is 0 Å². The molecule has 2 rings (SSSR count). The number of aromatic nitrogens is 2. The van der Waals surface area contributed by atoms with Crippen molar-refractivity contribution in [3.63, 3.8) is 0 Å². The highest BCUT2D eigenvalue weighted by atomic mass is 16.3. The molecule has 82 valence electrons. The van der Waals surface area contributed by atoms with E-state index < -0.39 is 0 Å². The van der Waals surface area contributed by atoms with E-state index in [1.165, 1.54) is 22.5 Å². The van der Waals surface area contributed by atoms with E-state index in [0.29, 0.717) is 12.5 Å². The molecule has 0 unspecified atom stereocenters. The lowest BCUT2D eigenvalue weighted by molar-refractivity contribution is 0.267. The van der Waals surface area contributed by atoms with Crippen LogP contribution in [0.1, 0.15) is 23.9 Å². The fourth-order valence-electron chi connectivity index (χ4n) is 2.29. The largest absolute Gasteiger partial charge is 0.394 e. The Hall–Kier alpha value is -1.09. The highest BCUT2D eigenvalue weighted by Gasteiger charge is 2.27. The van der Waals surface area contributed by atoms with E-state index in [0.717, 1.165) is 12.8 Å². The summed E-state index contributed by atoms with van der Waals surface area (Å²) in [4.78, 5) is 0. The van der Waals surface area contributed by atoms with Crippen molar-refractivity contribution < 1.29 is 5.11 Å². The normalized spacial score (nSPS) is 19.3. The molecule has 1 aromatic heterocycles. The van der Waals surface area contributed by atoms with Crippen molar-refractivity contribution in [1.29, 1.82) is 0 Å². The van der Waals surface area contributed by atoms with Gasteiger partial charge in [-0.05, 0) is 38.2 Å². The molecule has 1 N–H and O–H groups in total. The Morgan fingerprint density at radius 2 is 2.33 bits per heavy atom. The van der Waals surface area contributed by atoms with Gasteiger partial charge in [-0.3, -0.25) is 4.68 Å². The van der Waals surface area contributed by atoms with Crippen LogP contribution in [0.5, 0.6) is 0 Å². The van der Waals surface area contributed by atoms with Crippen molar-refractivity contribution in [2.45, 2.75) is 33.2 Å². The summed E-state index contributed by atoms with van der Waals surface area (Å²) in [6.07, 6.45) is 2.09. The van der Waals surface area contributed by atoms with Gasteiger partial charge in [0.1, 0.15) is 0 Å². The third-order valence-electron chi connectivity index (χ3n) is 3.31. The van der Waals surface area contributed by atoms with Crippen molar-refractivity contribution in [3.05, 3.63) is 29.1 Å². The van der Waals surface area contributed by atoms with Crippen LogP contribution < -0.4 is 0 Å². The van der Waals surface area contributed by atoms with Crippen molar-refractivity contribution in [2.75, 3.05) is 6.61 Å². The average Bonchev–Trinajstić information content (AvgIpc) is 2.69. The summed E-state index contributed by atoms with van der Waals surface area (Å²) in [5, 5.41) is 13.4. The zero-order valence-electron chi connectivity index (χ0n) is 9.45. The number of allylic oxidation sites excluding steroid dienone is 1. The second-order valence-corrected chi connectivity index (χ2v) is 4.41. The zero-order valence-corrected chi connectivity index (χ0v) is 9.45. The van der Waals surface area contributed by atoms with Gasteiger partial charge in [0.15, 0.2) is 0 Å². The molecule has 0 aromatic carbocycles. The molecular formula is C12H18N2O. The molecule has 0 fully saturated rings. The molecule has 0 spiro atoms. The van der Waals surface area contributed by atoms with E-state index in [-0.39, 0.29) is 6.61 Å². The molecule has 3 heteroatoms. The molecule has 0 aliphatic heterocycles. The van der Waals surface area contributed by atoms with Crippen LogP contribution in [0.2, 0.25) is 0 Å². The molecule has 1 atom stereocenters. The number of nitrogens with zero attached hydrogens (tertiary/aromatic N) is 2. The molecular weight excluding hydrogens is 188 g/mol. The number of hydrogen-bond acceptors (Lipinski definition) is 2. The van der Waals surface area contributed by atoms with E-state index in [9.17, 15) is 0 Å². The van der Waals surface area contributed by atoms with Crippen molar-refractivity contribution in [1.82, 2.24) is 9.78 Å². The predicted octanol–water partition coefficient (Wildman–Crippen LogP) is 1.47. The zero-order chi connectivity index (χ0) is 11.0. The minimum atomic E-state index is 0.158. The van der Waals surface area contributed by atoms with Gasteiger partial charge >= 0.3 is 0 Å². The van der Waals surface area contributed by atoms with Gasteiger partial charge in [0.25, 0.3) is 0 Å². The molecule has 3 nitrogen and oxygen atoms in total. The number of aliphatic hydroxyl groups is 1. The van der Waals surface area contributed by atoms with Crippen LogP contribution in [0.4, 0.5) is 0 Å². The standard InChI is InChI=1S/C12H18N2O/c1-8(2)10-6-11-9(3)14(4-5-15)13-12(11)7-10/h10,15H,1,4-7H2,2-3H3/t10-/m1/s1. The fourth-order valence-corrected chi connectivity index (χ4v) is 2.29. The Bertz CT molecular complexity index is 393. The monoisotopic (exact) mass is 206 g/mol. The lowest BCUT2D eigenvalue weighted by Gasteiger charge is -2.09. The number of aliphatic hydroxyl groups excluding tert-OH is 1. The first-order valence-corrected chi connectivity index (χ1v) is 5.45. The summed E-state index contributed by atoms with van der Waals surface area (Å²) in [7, 11) is 0. The number of fused-ring (bicyclic) bond motifs is 1. The highest BCUT2D eigenvalue weighted by Crippen LogP contribution is 2.31. The Kier molecular flexibility index (Phi) is 2.65. The van der Waals surface area contributed by atoms with Crippen LogP contribution in [0.25, 0.3) is 0 Å². The first kappa shape index (κ1) is 10.4. The first-order chi connectivity index (χ1) is 7.13. The van der Waals surface area contributed by atoms with E-state index in [4.69, 9.17) is 5.11 Å². The summed E-state index contributed by atoms with van der Waals surface area (Å²) in [5.41, 5.74) is 5.04. The van der Waals surface area contributed by atoms with Gasteiger partial charge in [0, 0.05) is 5.69 Å². The summed E-state index contributed by atoms with van der Waals surface area (Å²) >= 11 is 0. The summed E-state index contributed by atoms with van der Waals surface area (Å²) in [5.74, 6) is 0.574. The van der Waals surface area contributed by atoms with Crippen LogP contribution >= 0.6 is 0 Å². The summed E-state index contributed by atoms with van der Waals surface area (Å²) in [6, 6.07) is 0. The lowest BCUT2D eigenvalue weighted by atomic mass is 9.99. The van der Waals surface area contributed by atoms with Crippen molar-refractivity contribution in [2.24, 2.45) is 5.92 Å². The Labute approximate surface area is 90.4 Å². The minimum absolute atomic E-state index is 0.158. The topological polar surface area (TPSA) is 38.0 Å². The van der Waals surface area contributed by atoms with Crippen LogP contribution in [0, 0.1) is 12.8 Å². The third-order valence-corrected chi connectivity index (χ3v) is 3.31. The van der Waals surface area contributed by atoms with Gasteiger partial charge in [-0.1, -0.05) is 12.2 Å². The van der Waals surface area contributed by atoms with Gasteiger partial charge in [0.05, 0.1) is 18.8 Å². The van der Waals surface area contributed by atoms with E-state index in [1.807, 2.05) is 4.68 Å². The van der Waals surface area contributed by atoms with Gasteiger partial charge in [-0.2, -0.15) is 5.10 Å².